The lowest BCUT2D eigenvalue weighted by molar-refractivity contribution is -0.137. The van der Waals surface area contributed by atoms with Gasteiger partial charge in [-0.15, -0.1) is 11.8 Å². The highest BCUT2D eigenvalue weighted by Crippen LogP contribution is 2.24. The van der Waals surface area contributed by atoms with Gasteiger partial charge in [0.15, 0.2) is 0 Å². The van der Waals surface area contributed by atoms with E-state index in [2.05, 4.69) is 5.32 Å². The van der Waals surface area contributed by atoms with E-state index in [1.807, 2.05) is 0 Å². The smallest absolute Gasteiger partial charge is 0.303 e. The predicted molar refractivity (Wildman–Crippen MR) is 93.2 cm³/mol. The van der Waals surface area contributed by atoms with E-state index in [4.69, 9.17) is 16.7 Å². The molecule has 1 aromatic rings. The SMILES string of the molecule is O=C(O)CCCCNC(=O)C1CSCN1C(=O)c1ccc(Cl)cc1. The molecule has 2 rings (SSSR count). The zero-order valence-electron chi connectivity index (χ0n) is 13.0. The maximum atomic E-state index is 12.5. The molecule has 0 spiro atoms. The molecule has 0 radical (unpaired) electrons. The van der Waals surface area contributed by atoms with E-state index >= 15 is 0 Å². The summed E-state index contributed by atoms with van der Waals surface area (Å²) in [6.07, 6.45) is 1.21. The van der Waals surface area contributed by atoms with Crippen LogP contribution in [0.5, 0.6) is 0 Å². The van der Waals surface area contributed by atoms with E-state index < -0.39 is 12.0 Å². The number of carboxylic acid groups (broad SMARTS) is 1. The molecule has 1 heterocycles. The van der Waals surface area contributed by atoms with Gasteiger partial charge in [0.25, 0.3) is 5.91 Å². The molecule has 0 saturated carbocycles. The monoisotopic (exact) mass is 370 g/mol. The van der Waals surface area contributed by atoms with Gasteiger partial charge in [0.05, 0.1) is 5.88 Å². The third-order valence-corrected chi connectivity index (χ3v) is 4.92. The molecule has 1 fully saturated rings. The molecule has 0 bridgehead atoms. The van der Waals surface area contributed by atoms with Crippen LogP contribution in [0.15, 0.2) is 24.3 Å². The number of unbranched alkanes of at least 4 members (excludes halogenated alkanes) is 1. The standard InChI is InChI=1S/C16H19ClN2O4S/c17-12-6-4-11(5-7-12)16(23)19-10-24-9-13(19)15(22)18-8-2-1-3-14(20)21/h4-7,13H,1-3,8-10H2,(H,18,22)(H,20,21). The number of halogens is 1. The van der Waals surface area contributed by atoms with Gasteiger partial charge in [-0.05, 0) is 37.1 Å². The van der Waals surface area contributed by atoms with E-state index in [0.29, 0.717) is 41.6 Å². The lowest BCUT2D eigenvalue weighted by atomic mass is 10.1. The fraction of sp³-hybridized carbons (Fsp3) is 0.438. The van der Waals surface area contributed by atoms with Crippen molar-refractivity contribution in [2.24, 2.45) is 0 Å². The molecular weight excluding hydrogens is 352 g/mol. The van der Waals surface area contributed by atoms with E-state index in [9.17, 15) is 14.4 Å². The normalized spacial score (nSPS) is 16.9. The zero-order chi connectivity index (χ0) is 17.5. The van der Waals surface area contributed by atoms with Crippen LogP contribution < -0.4 is 5.32 Å². The van der Waals surface area contributed by atoms with Crippen molar-refractivity contribution in [3.63, 3.8) is 0 Å². The largest absolute Gasteiger partial charge is 0.481 e. The van der Waals surface area contributed by atoms with Crippen molar-refractivity contribution < 1.29 is 19.5 Å². The predicted octanol–water partition coefficient (Wildman–Crippen LogP) is 2.23. The molecule has 2 N–H and O–H groups in total. The summed E-state index contributed by atoms with van der Waals surface area (Å²) in [5, 5.41) is 11.9. The summed E-state index contributed by atoms with van der Waals surface area (Å²) in [5.74, 6) is -0.202. The third kappa shape index (κ3) is 5.14. The minimum absolute atomic E-state index is 0.0936. The second kappa shape index (κ2) is 8.94. The maximum Gasteiger partial charge on any atom is 0.303 e. The van der Waals surface area contributed by atoms with Crippen LogP contribution in [0.3, 0.4) is 0 Å². The summed E-state index contributed by atoms with van der Waals surface area (Å²) in [4.78, 5) is 36.8. The average molecular weight is 371 g/mol. The highest BCUT2D eigenvalue weighted by Gasteiger charge is 2.34. The Morgan fingerprint density at radius 3 is 2.62 bits per heavy atom. The number of nitrogens with one attached hydrogen (secondary N) is 1. The highest BCUT2D eigenvalue weighted by molar-refractivity contribution is 7.99. The number of carbonyl (C=O) groups is 3. The van der Waals surface area contributed by atoms with Gasteiger partial charge in [0.1, 0.15) is 6.04 Å². The number of thioether (sulfide) groups is 1. The fourth-order valence-corrected chi connectivity index (χ4v) is 3.63. The van der Waals surface area contributed by atoms with Crippen LogP contribution in [0.4, 0.5) is 0 Å². The summed E-state index contributed by atoms with van der Waals surface area (Å²) in [6.45, 7) is 0.413. The van der Waals surface area contributed by atoms with E-state index in [1.165, 1.54) is 11.8 Å². The highest BCUT2D eigenvalue weighted by atomic mass is 35.5. The number of hydrogen-bond acceptors (Lipinski definition) is 4. The number of benzene rings is 1. The first-order valence-electron chi connectivity index (χ1n) is 7.63. The Kier molecular flexibility index (Phi) is 6.93. The van der Waals surface area contributed by atoms with Gasteiger partial charge in [-0.2, -0.15) is 0 Å². The van der Waals surface area contributed by atoms with Crippen LogP contribution in [0.2, 0.25) is 5.02 Å². The average Bonchev–Trinajstić information content (AvgIpc) is 3.03. The molecule has 1 aliphatic rings. The van der Waals surface area contributed by atoms with Crippen molar-refractivity contribution in [2.45, 2.75) is 25.3 Å². The first-order valence-corrected chi connectivity index (χ1v) is 9.16. The van der Waals surface area contributed by atoms with Gasteiger partial charge < -0.3 is 15.3 Å². The summed E-state index contributed by atoms with van der Waals surface area (Å²) in [7, 11) is 0. The van der Waals surface area contributed by atoms with Crippen LogP contribution in [-0.4, -0.2) is 52.0 Å². The van der Waals surface area contributed by atoms with Crippen molar-refractivity contribution in [1.29, 1.82) is 0 Å². The Morgan fingerprint density at radius 1 is 1.25 bits per heavy atom. The Labute approximate surface area is 149 Å². The molecule has 2 amide bonds. The fourth-order valence-electron chi connectivity index (χ4n) is 2.35. The molecule has 8 heteroatoms. The second-order valence-corrected chi connectivity index (χ2v) is 6.88. The number of hydrogen-bond donors (Lipinski definition) is 2. The minimum Gasteiger partial charge on any atom is -0.481 e. The van der Waals surface area contributed by atoms with Crippen LogP contribution in [0, 0.1) is 0 Å². The summed E-state index contributed by atoms with van der Waals surface area (Å²) >= 11 is 7.36. The Bertz CT molecular complexity index is 609. The van der Waals surface area contributed by atoms with E-state index in [1.54, 1.807) is 29.2 Å². The summed E-state index contributed by atoms with van der Waals surface area (Å²) in [6, 6.07) is 6.09. The van der Waals surface area contributed by atoms with Crippen molar-refractivity contribution in [3.8, 4) is 0 Å². The molecule has 0 aromatic heterocycles. The Balaban J connectivity index is 1.87. The lowest BCUT2D eigenvalue weighted by Crippen LogP contribution is -2.47. The van der Waals surface area contributed by atoms with Crippen LogP contribution in [0.25, 0.3) is 0 Å². The van der Waals surface area contributed by atoms with Gasteiger partial charge >= 0.3 is 5.97 Å². The zero-order valence-corrected chi connectivity index (χ0v) is 14.6. The Hall–Kier alpha value is -1.73. The van der Waals surface area contributed by atoms with Crippen LogP contribution in [-0.2, 0) is 9.59 Å². The minimum atomic E-state index is -0.840. The van der Waals surface area contributed by atoms with Gasteiger partial charge in [0.2, 0.25) is 5.91 Å². The molecular formula is C16H19ClN2O4S. The molecule has 24 heavy (non-hydrogen) atoms. The van der Waals surface area contributed by atoms with Gasteiger partial charge in [-0.3, -0.25) is 14.4 Å². The second-order valence-electron chi connectivity index (χ2n) is 5.44. The molecule has 1 aliphatic heterocycles. The Morgan fingerprint density at radius 2 is 1.96 bits per heavy atom. The maximum absolute atomic E-state index is 12.5. The third-order valence-electron chi connectivity index (χ3n) is 3.65. The number of amides is 2. The van der Waals surface area contributed by atoms with Gasteiger partial charge in [0, 0.05) is 29.3 Å². The number of carbonyl (C=O) groups excluding carboxylic acids is 2. The van der Waals surface area contributed by atoms with Crippen molar-refractivity contribution in [1.82, 2.24) is 10.2 Å². The van der Waals surface area contributed by atoms with Crippen molar-refractivity contribution >= 4 is 41.1 Å². The summed E-state index contributed by atoms with van der Waals surface area (Å²) in [5.41, 5.74) is 0.501. The van der Waals surface area contributed by atoms with E-state index in [-0.39, 0.29) is 18.2 Å². The molecule has 6 nitrogen and oxygen atoms in total. The number of rotatable bonds is 7. The molecule has 130 valence electrons. The van der Waals surface area contributed by atoms with Crippen molar-refractivity contribution in [2.75, 3.05) is 18.2 Å². The van der Waals surface area contributed by atoms with Gasteiger partial charge in [-0.25, -0.2) is 0 Å². The van der Waals surface area contributed by atoms with Crippen LogP contribution >= 0.6 is 23.4 Å². The first kappa shape index (κ1) is 18.6. The first-order chi connectivity index (χ1) is 11.5. The molecule has 1 saturated heterocycles. The molecule has 0 aliphatic carbocycles. The summed E-state index contributed by atoms with van der Waals surface area (Å²) < 4.78 is 0. The van der Waals surface area contributed by atoms with Crippen LogP contribution in [0.1, 0.15) is 29.6 Å². The topological polar surface area (TPSA) is 86.7 Å². The molecule has 1 atom stereocenters. The van der Waals surface area contributed by atoms with E-state index in [0.717, 1.165) is 0 Å². The van der Waals surface area contributed by atoms with Crippen molar-refractivity contribution in [3.05, 3.63) is 34.9 Å². The van der Waals surface area contributed by atoms with Gasteiger partial charge in [-0.1, -0.05) is 11.6 Å². The molecule has 1 aromatic carbocycles. The number of nitrogens with zero attached hydrogens (tertiary/aromatic N) is 1. The number of carboxylic acids is 1. The quantitative estimate of drug-likeness (QED) is 0.719. The molecule has 1 unspecified atom stereocenters. The number of aliphatic carboxylic acids is 1. The lowest BCUT2D eigenvalue weighted by Gasteiger charge is -2.23.